The number of rotatable bonds is 6. The van der Waals surface area contributed by atoms with Crippen molar-refractivity contribution in [3.05, 3.63) is 97.8 Å². The number of carbonyl (C=O) groups excluding carboxylic acids is 1. The van der Waals surface area contributed by atoms with Gasteiger partial charge in [-0.1, -0.05) is 53.7 Å². The van der Waals surface area contributed by atoms with Crippen LogP contribution in [0.15, 0.2) is 76.7 Å². The van der Waals surface area contributed by atoms with Crippen LogP contribution in [0.25, 0.3) is 16.6 Å². The van der Waals surface area contributed by atoms with Crippen molar-refractivity contribution < 1.29 is 9.72 Å². The Balaban J connectivity index is 1.66. The molecule has 8 nitrogen and oxygen atoms in total. The molecule has 0 fully saturated rings. The van der Waals surface area contributed by atoms with Crippen LogP contribution >= 0.6 is 23.4 Å². The summed E-state index contributed by atoms with van der Waals surface area (Å²) >= 11 is 7.16. The van der Waals surface area contributed by atoms with Crippen LogP contribution in [0.1, 0.15) is 5.56 Å². The van der Waals surface area contributed by atoms with Crippen LogP contribution in [0, 0.1) is 17.0 Å². The summed E-state index contributed by atoms with van der Waals surface area (Å²) in [7, 11) is 0. The molecule has 0 radical (unpaired) electrons. The van der Waals surface area contributed by atoms with Crippen molar-refractivity contribution in [2.24, 2.45) is 0 Å². The third-order valence-corrected chi connectivity index (χ3v) is 6.14. The molecular formula is C23H17ClN4O4S. The Bertz CT molecular complexity index is 1450. The van der Waals surface area contributed by atoms with E-state index in [4.69, 9.17) is 11.6 Å². The van der Waals surface area contributed by atoms with Crippen LogP contribution in [0.4, 0.5) is 11.4 Å². The van der Waals surface area contributed by atoms with Gasteiger partial charge in [-0.15, -0.1) is 0 Å². The number of amides is 1. The number of thioether (sulfide) groups is 1. The van der Waals surface area contributed by atoms with Crippen molar-refractivity contribution in [2.75, 3.05) is 11.1 Å². The lowest BCUT2D eigenvalue weighted by Crippen LogP contribution is -2.23. The minimum absolute atomic E-state index is 0.0876. The van der Waals surface area contributed by atoms with E-state index in [-0.39, 0.29) is 27.7 Å². The topological polar surface area (TPSA) is 107 Å². The fraction of sp³-hybridized carbons (Fsp3) is 0.0870. The summed E-state index contributed by atoms with van der Waals surface area (Å²) in [6.07, 6.45) is 0. The first-order chi connectivity index (χ1) is 15.8. The fourth-order valence-corrected chi connectivity index (χ4v) is 4.25. The number of non-ortho nitro benzene ring substituents is 1. The number of fused-ring (bicyclic) bond motifs is 1. The van der Waals surface area contributed by atoms with Gasteiger partial charge in [-0.2, -0.15) is 0 Å². The lowest BCUT2D eigenvalue weighted by molar-refractivity contribution is -0.384. The Labute approximate surface area is 197 Å². The van der Waals surface area contributed by atoms with E-state index in [1.165, 1.54) is 22.8 Å². The minimum atomic E-state index is -0.569. The number of halogens is 1. The van der Waals surface area contributed by atoms with E-state index < -0.39 is 10.8 Å². The first kappa shape index (κ1) is 22.5. The molecule has 166 valence electrons. The molecule has 1 heterocycles. The van der Waals surface area contributed by atoms with Crippen LogP contribution in [-0.2, 0) is 4.79 Å². The number of carbonyl (C=O) groups is 1. The Morgan fingerprint density at radius 2 is 1.88 bits per heavy atom. The van der Waals surface area contributed by atoms with Crippen LogP contribution in [0.2, 0.25) is 5.02 Å². The van der Waals surface area contributed by atoms with Crippen molar-refractivity contribution in [3.8, 4) is 5.69 Å². The number of hydrogen-bond donors (Lipinski definition) is 1. The largest absolute Gasteiger partial charge is 0.324 e. The zero-order valence-corrected chi connectivity index (χ0v) is 18.9. The molecule has 1 N–H and O–H groups in total. The zero-order chi connectivity index (χ0) is 23.5. The predicted molar refractivity (Wildman–Crippen MR) is 130 cm³/mol. The highest BCUT2D eigenvalue weighted by molar-refractivity contribution is 7.99. The van der Waals surface area contributed by atoms with E-state index in [0.29, 0.717) is 21.7 Å². The van der Waals surface area contributed by atoms with Crippen molar-refractivity contribution in [3.63, 3.8) is 0 Å². The monoisotopic (exact) mass is 480 g/mol. The molecule has 0 saturated heterocycles. The number of aryl methyl sites for hydroxylation is 1. The molecule has 0 bridgehead atoms. The molecule has 4 aromatic rings. The van der Waals surface area contributed by atoms with Crippen molar-refractivity contribution in [1.29, 1.82) is 0 Å². The van der Waals surface area contributed by atoms with Crippen LogP contribution in [0.3, 0.4) is 0 Å². The fourth-order valence-electron chi connectivity index (χ4n) is 3.27. The normalized spacial score (nSPS) is 10.8. The van der Waals surface area contributed by atoms with Crippen LogP contribution < -0.4 is 10.9 Å². The maximum Gasteiger partial charge on any atom is 0.271 e. The maximum atomic E-state index is 13.3. The van der Waals surface area contributed by atoms with Gasteiger partial charge >= 0.3 is 0 Å². The molecular weight excluding hydrogens is 464 g/mol. The van der Waals surface area contributed by atoms with Gasteiger partial charge in [0.05, 0.1) is 38.0 Å². The molecule has 3 aromatic carbocycles. The van der Waals surface area contributed by atoms with E-state index in [2.05, 4.69) is 10.3 Å². The number of hydrogen-bond acceptors (Lipinski definition) is 6. The summed E-state index contributed by atoms with van der Waals surface area (Å²) in [4.78, 5) is 41.0. The highest BCUT2D eigenvalue weighted by Crippen LogP contribution is 2.28. The van der Waals surface area contributed by atoms with Gasteiger partial charge in [-0.05, 0) is 36.8 Å². The Hall–Kier alpha value is -3.69. The summed E-state index contributed by atoms with van der Waals surface area (Å²) in [6.45, 7) is 1.89. The smallest absolute Gasteiger partial charge is 0.271 e. The van der Waals surface area contributed by atoms with E-state index in [0.717, 1.165) is 17.3 Å². The highest BCUT2D eigenvalue weighted by atomic mass is 35.5. The molecule has 0 unspecified atom stereocenters. The third kappa shape index (κ3) is 4.74. The summed E-state index contributed by atoms with van der Waals surface area (Å²) in [5.41, 5.74) is 1.79. The molecule has 33 heavy (non-hydrogen) atoms. The molecule has 0 atom stereocenters. The lowest BCUT2D eigenvalue weighted by Gasteiger charge is -2.15. The second kappa shape index (κ2) is 9.43. The first-order valence-electron chi connectivity index (χ1n) is 9.79. The van der Waals surface area contributed by atoms with Crippen molar-refractivity contribution >= 4 is 51.5 Å². The average Bonchev–Trinajstić information content (AvgIpc) is 2.80. The van der Waals surface area contributed by atoms with Gasteiger partial charge in [0.1, 0.15) is 0 Å². The van der Waals surface area contributed by atoms with Gasteiger partial charge in [-0.3, -0.25) is 24.3 Å². The highest BCUT2D eigenvalue weighted by Gasteiger charge is 2.17. The molecule has 0 aliphatic carbocycles. The summed E-state index contributed by atoms with van der Waals surface area (Å²) in [6, 6.07) is 18.2. The molecule has 1 amide bonds. The zero-order valence-electron chi connectivity index (χ0n) is 17.3. The predicted octanol–water partition coefficient (Wildman–Crippen LogP) is 4.99. The van der Waals surface area contributed by atoms with Gasteiger partial charge in [0.15, 0.2) is 5.16 Å². The quantitative estimate of drug-likeness (QED) is 0.180. The molecule has 0 aliphatic rings. The number of nitrogens with zero attached hydrogens (tertiary/aromatic N) is 3. The number of nitrogens with one attached hydrogen (secondary N) is 1. The molecule has 10 heteroatoms. The molecule has 1 aromatic heterocycles. The average molecular weight is 481 g/mol. The summed E-state index contributed by atoms with van der Waals surface area (Å²) in [5.74, 6) is -0.531. The summed E-state index contributed by atoms with van der Waals surface area (Å²) in [5, 5.41) is 14.6. The second-order valence-electron chi connectivity index (χ2n) is 7.10. The molecule has 0 spiro atoms. The molecule has 4 rings (SSSR count). The lowest BCUT2D eigenvalue weighted by atomic mass is 10.2. The van der Waals surface area contributed by atoms with Crippen LogP contribution in [-0.4, -0.2) is 26.1 Å². The number of aromatic nitrogens is 2. The van der Waals surface area contributed by atoms with E-state index in [1.54, 1.807) is 24.3 Å². The number of nitro benzene ring substituents is 1. The van der Waals surface area contributed by atoms with Gasteiger partial charge in [-0.25, -0.2) is 4.98 Å². The summed E-state index contributed by atoms with van der Waals surface area (Å²) < 4.78 is 1.50. The standard InChI is InChI=1S/C23H17ClN4O4S/c1-14-6-2-5-9-20(14)27-22(30)16-7-3-4-8-18(16)26-23(27)33-13-21(29)25-19-12-15(28(31)32)10-11-17(19)24/h2-12H,13H2,1H3,(H,25,29). The van der Waals surface area contributed by atoms with E-state index >= 15 is 0 Å². The minimum Gasteiger partial charge on any atom is -0.324 e. The maximum absolute atomic E-state index is 13.3. The van der Waals surface area contributed by atoms with Gasteiger partial charge in [0, 0.05) is 12.1 Å². The number of nitro groups is 1. The second-order valence-corrected chi connectivity index (χ2v) is 8.45. The van der Waals surface area contributed by atoms with Gasteiger partial charge in [0.25, 0.3) is 11.2 Å². The van der Waals surface area contributed by atoms with E-state index in [1.807, 2.05) is 31.2 Å². The van der Waals surface area contributed by atoms with E-state index in [9.17, 15) is 19.7 Å². The Morgan fingerprint density at radius 1 is 1.15 bits per heavy atom. The van der Waals surface area contributed by atoms with Gasteiger partial charge < -0.3 is 5.32 Å². The van der Waals surface area contributed by atoms with Crippen LogP contribution in [0.5, 0.6) is 0 Å². The van der Waals surface area contributed by atoms with Crippen molar-refractivity contribution in [1.82, 2.24) is 9.55 Å². The molecule has 0 aliphatic heterocycles. The molecule has 0 saturated carbocycles. The Kier molecular flexibility index (Phi) is 6.43. The van der Waals surface area contributed by atoms with Gasteiger partial charge in [0.2, 0.25) is 5.91 Å². The number of anilines is 1. The van der Waals surface area contributed by atoms with Crippen molar-refractivity contribution in [2.45, 2.75) is 12.1 Å². The SMILES string of the molecule is Cc1ccccc1-n1c(SCC(=O)Nc2cc([N+](=O)[O-])ccc2Cl)nc2ccccc2c1=O. The number of benzene rings is 3. The Morgan fingerprint density at radius 3 is 2.64 bits per heavy atom. The first-order valence-corrected chi connectivity index (χ1v) is 11.2. The third-order valence-electron chi connectivity index (χ3n) is 4.87. The number of para-hydroxylation sites is 2.